The Labute approximate surface area is 170 Å². The van der Waals surface area contributed by atoms with Gasteiger partial charge in [0.05, 0.1) is 30.3 Å². The van der Waals surface area contributed by atoms with Crippen LogP contribution in [0.5, 0.6) is 0 Å². The smallest absolute Gasteiger partial charge is 0.254 e. The summed E-state index contributed by atoms with van der Waals surface area (Å²) >= 11 is 0. The number of nitrogens with two attached hydrogens (primary N) is 3. The highest BCUT2D eigenvalue weighted by atomic mass is 16.5. The molecule has 29 heavy (non-hydrogen) atoms. The van der Waals surface area contributed by atoms with Crippen LogP contribution in [-0.4, -0.2) is 42.8 Å². The third-order valence-electron chi connectivity index (χ3n) is 4.76. The van der Waals surface area contributed by atoms with Gasteiger partial charge in [-0.2, -0.15) is 0 Å². The molecule has 2 aromatic rings. The lowest BCUT2D eigenvalue weighted by molar-refractivity contribution is 0.0303. The molecule has 1 aliphatic heterocycles. The number of nitrogens with zero attached hydrogens (tertiary/aromatic N) is 2. The molecule has 0 spiro atoms. The van der Waals surface area contributed by atoms with E-state index in [0.29, 0.717) is 48.8 Å². The molecule has 1 aliphatic rings. The highest BCUT2D eigenvalue weighted by Crippen LogP contribution is 2.18. The van der Waals surface area contributed by atoms with Crippen molar-refractivity contribution in [3.8, 4) is 0 Å². The lowest BCUT2D eigenvalue weighted by atomic mass is 10.0. The van der Waals surface area contributed by atoms with Crippen LogP contribution in [-0.2, 0) is 4.74 Å². The van der Waals surface area contributed by atoms with E-state index in [-0.39, 0.29) is 17.3 Å². The highest BCUT2D eigenvalue weighted by molar-refractivity contribution is 6.13. The van der Waals surface area contributed by atoms with Crippen LogP contribution < -0.4 is 22.3 Å². The second-order valence-corrected chi connectivity index (χ2v) is 6.91. The van der Waals surface area contributed by atoms with Crippen LogP contribution in [0.25, 0.3) is 0 Å². The first-order chi connectivity index (χ1) is 13.9. The van der Waals surface area contributed by atoms with E-state index >= 15 is 0 Å². The van der Waals surface area contributed by atoms with Gasteiger partial charge in [-0.05, 0) is 43.3 Å². The molecule has 3 rings (SSSR count). The number of aryl methyl sites for hydroxylation is 1. The van der Waals surface area contributed by atoms with E-state index in [9.17, 15) is 4.79 Å². The van der Waals surface area contributed by atoms with Gasteiger partial charge in [-0.1, -0.05) is 11.6 Å². The summed E-state index contributed by atoms with van der Waals surface area (Å²) < 4.78 is 5.28. The molecule has 0 unspecified atom stereocenters. The number of benzene rings is 2. The number of hydrogen-bond donors (Lipinski definition) is 4. The highest BCUT2D eigenvalue weighted by Gasteiger charge is 2.18. The van der Waals surface area contributed by atoms with E-state index in [2.05, 4.69) is 0 Å². The van der Waals surface area contributed by atoms with Crippen LogP contribution in [0, 0.1) is 12.3 Å². The van der Waals surface area contributed by atoms with Gasteiger partial charge in [0.25, 0.3) is 5.91 Å². The minimum atomic E-state index is -0.0322. The maximum Gasteiger partial charge on any atom is 0.254 e. The molecule has 0 aromatic heterocycles. The Balaban J connectivity index is 1.72. The third-order valence-corrected chi connectivity index (χ3v) is 4.76. The Morgan fingerprint density at radius 1 is 1.17 bits per heavy atom. The maximum absolute atomic E-state index is 12.5. The number of anilines is 2. The fourth-order valence-corrected chi connectivity index (χ4v) is 3.06. The fourth-order valence-electron chi connectivity index (χ4n) is 3.06. The number of hydrogen-bond acceptors (Lipinski definition) is 7. The number of ether oxygens (including phenoxy) is 1. The van der Waals surface area contributed by atoms with E-state index in [4.69, 9.17) is 27.5 Å². The summed E-state index contributed by atoms with van der Waals surface area (Å²) in [6, 6.07) is 12.4. The first kappa shape index (κ1) is 20.4. The van der Waals surface area contributed by atoms with Crippen LogP contribution in [0.4, 0.5) is 11.4 Å². The standard InChI is InChI=1S/C21H26N6O2/c1-14-2-7-18(22)17(12-14)20(24)19(23)13-27(25)16-5-3-15(4-6-16)21(28)26-8-10-29-11-9-26/h2-7,12-13,24H,8-11,22-23,25H2,1H3/b19-13-,24-20?. The van der Waals surface area contributed by atoms with Crippen molar-refractivity contribution >= 4 is 23.0 Å². The first-order valence-electron chi connectivity index (χ1n) is 9.30. The molecule has 0 bridgehead atoms. The second-order valence-electron chi connectivity index (χ2n) is 6.91. The number of nitrogens with one attached hydrogen (secondary N) is 1. The van der Waals surface area contributed by atoms with Crippen molar-refractivity contribution in [2.75, 3.05) is 37.0 Å². The summed E-state index contributed by atoms with van der Waals surface area (Å²) in [7, 11) is 0. The van der Waals surface area contributed by atoms with Gasteiger partial charge in [0.2, 0.25) is 0 Å². The molecule has 0 saturated carbocycles. The molecule has 8 nitrogen and oxygen atoms in total. The molecule has 1 saturated heterocycles. The van der Waals surface area contributed by atoms with Gasteiger partial charge in [-0.15, -0.1) is 0 Å². The number of carbonyl (C=O) groups is 1. The number of morpholine rings is 1. The largest absolute Gasteiger partial charge is 0.398 e. The van der Waals surface area contributed by atoms with Gasteiger partial charge in [-0.25, -0.2) is 5.84 Å². The number of nitrogen functional groups attached to an aromatic ring is 1. The van der Waals surface area contributed by atoms with Crippen molar-refractivity contribution in [3.63, 3.8) is 0 Å². The van der Waals surface area contributed by atoms with Gasteiger partial charge in [0.1, 0.15) is 0 Å². The van der Waals surface area contributed by atoms with E-state index in [1.165, 1.54) is 11.2 Å². The number of allylic oxidation sites excluding steroid dienone is 1. The quantitative estimate of drug-likeness (QED) is 0.263. The minimum absolute atomic E-state index is 0.0322. The van der Waals surface area contributed by atoms with Gasteiger partial charge in [-0.3, -0.25) is 15.2 Å². The van der Waals surface area contributed by atoms with Crippen molar-refractivity contribution in [2.45, 2.75) is 6.92 Å². The minimum Gasteiger partial charge on any atom is -0.398 e. The lowest BCUT2D eigenvalue weighted by Crippen LogP contribution is -2.40. The number of carbonyl (C=O) groups excluding carboxylic acids is 1. The first-order valence-corrected chi connectivity index (χ1v) is 9.30. The average Bonchev–Trinajstić information content (AvgIpc) is 2.75. The molecule has 1 fully saturated rings. The molecule has 7 N–H and O–H groups in total. The monoisotopic (exact) mass is 394 g/mol. The molecule has 8 heteroatoms. The van der Waals surface area contributed by atoms with Gasteiger partial charge < -0.3 is 21.1 Å². The SMILES string of the molecule is Cc1ccc(N)c(C(=N)/C(N)=C/N(N)c2ccc(C(=O)N3CCOCC3)cc2)c1. The predicted molar refractivity (Wildman–Crippen MR) is 115 cm³/mol. The van der Waals surface area contributed by atoms with Crippen molar-refractivity contribution in [1.29, 1.82) is 5.41 Å². The topological polar surface area (TPSA) is 135 Å². The molecule has 0 radical (unpaired) electrons. The van der Waals surface area contributed by atoms with Crippen LogP contribution >= 0.6 is 0 Å². The zero-order valence-corrected chi connectivity index (χ0v) is 16.4. The molecule has 0 atom stereocenters. The normalized spacial score (nSPS) is 14.6. The van der Waals surface area contributed by atoms with E-state index in [1.54, 1.807) is 35.2 Å². The fraction of sp³-hybridized carbons (Fsp3) is 0.238. The molecule has 1 heterocycles. The average molecular weight is 394 g/mol. The summed E-state index contributed by atoms with van der Waals surface area (Å²) in [6.07, 6.45) is 1.46. The lowest BCUT2D eigenvalue weighted by Gasteiger charge is -2.27. The van der Waals surface area contributed by atoms with E-state index < -0.39 is 0 Å². The zero-order chi connectivity index (χ0) is 21.0. The van der Waals surface area contributed by atoms with E-state index in [1.807, 2.05) is 19.1 Å². The van der Waals surface area contributed by atoms with Gasteiger partial charge in [0, 0.05) is 36.1 Å². The van der Waals surface area contributed by atoms with Gasteiger partial charge >= 0.3 is 0 Å². The Morgan fingerprint density at radius 3 is 2.48 bits per heavy atom. The molecule has 0 aliphatic carbocycles. The summed E-state index contributed by atoms with van der Waals surface area (Å²) in [6.45, 7) is 4.22. The van der Waals surface area contributed by atoms with Crippen molar-refractivity contribution < 1.29 is 9.53 Å². The maximum atomic E-state index is 12.5. The number of rotatable bonds is 5. The summed E-state index contributed by atoms with van der Waals surface area (Å²) in [5.41, 5.74) is 15.5. The van der Waals surface area contributed by atoms with Crippen LogP contribution in [0.3, 0.4) is 0 Å². The predicted octanol–water partition coefficient (Wildman–Crippen LogP) is 1.60. The summed E-state index contributed by atoms with van der Waals surface area (Å²) in [4.78, 5) is 14.3. The molecule has 2 aromatic carbocycles. The molecular formula is C21H26N6O2. The van der Waals surface area contributed by atoms with Crippen molar-refractivity contribution in [2.24, 2.45) is 11.6 Å². The number of hydrazine groups is 1. The molecular weight excluding hydrogens is 368 g/mol. The third kappa shape index (κ3) is 4.74. The molecule has 152 valence electrons. The number of amides is 1. The summed E-state index contributed by atoms with van der Waals surface area (Å²) in [5, 5.41) is 9.64. The van der Waals surface area contributed by atoms with Crippen LogP contribution in [0.2, 0.25) is 0 Å². The van der Waals surface area contributed by atoms with Crippen LogP contribution in [0.15, 0.2) is 54.4 Å². The van der Waals surface area contributed by atoms with Crippen LogP contribution in [0.1, 0.15) is 21.5 Å². The van der Waals surface area contributed by atoms with Crippen molar-refractivity contribution in [3.05, 3.63) is 71.1 Å². The second kappa shape index (κ2) is 8.76. The Bertz CT molecular complexity index is 933. The molecule has 1 amide bonds. The Kier molecular flexibility index (Phi) is 6.16. The van der Waals surface area contributed by atoms with Gasteiger partial charge in [0.15, 0.2) is 0 Å². The van der Waals surface area contributed by atoms with Crippen molar-refractivity contribution in [1.82, 2.24) is 4.90 Å². The van der Waals surface area contributed by atoms with E-state index in [0.717, 1.165) is 5.56 Å². The Morgan fingerprint density at radius 2 is 1.83 bits per heavy atom. The Hall–Kier alpha value is -3.36. The zero-order valence-electron chi connectivity index (χ0n) is 16.4. The summed E-state index contributed by atoms with van der Waals surface area (Å²) in [5.74, 6) is 6.05.